The van der Waals surface area contributed by atoms with Gasteiger partial charge in [-0.25, -0.2) is 0 Å². The first-order valence-electron chi connectivity index (χ1n) is 7.79. The maximum atomic E-state index is 4.68. The molecule has 0 aliphatic heterocycles. The largest absolute Gasteiger partial charge is 0.311 e. The second kappa shape index (κ2) is 5.21. The summed E-state index contributed by atoms with van der Waals surface area (Å²) in [6.07, 6.45) is 5.64. The van der Waals surface area contributed by atoms with Crippen molar-refractivity contribution in [3.8, 4) is 0 Å². The minimum Gasteiger partial charge on any atom is -0.311 e. The number of benzene rings is 1. The van der Waals surface area contributed by atoms with Gasteiger partial charge in [0.2, 0.25) is 0 Å². The molecule has 0 radical (unpaired) electrons. The highest BCUT2D eigenvalue weighted by molar-refractivity contribution is 5.78. The molecule has 1 aromatic carbocycles. The average molecular weight is 271 g/mol. The van der Waals surface area contributed by atoms with Gasteiger partial charge >= 0.3 is 0 Å². The third kappa shape index (κ3) is 2.24. The van der Waals surface area contributed by atoms with Crippen LogP contribution in [0, 0.1) is 5.41 Å². The van der Waals surface area contributed by atoms with Gasteiger partial charge in [0.15, 0.2) is 0 Å². The van der Waals surface area contributed by atoms with Gasteiger partial charge in [-0.3, -0.25) is 4.68 Å². The van der Waals surface area contributed by atoms with E-state index in [9.17, 15) is 0 Å². The molecule has 1 heterocycles. The lowest BCUT2D eigenvalue weighted by molar-refractivity contribution is 0.244. The van der Waals surface area contributed by atoms with Crippen LogP contribution in [0.1, 0.15) is 46.1 Å². The molecular formula is C17H25N3. The minimum atomic E-state index is 0.340. The maximum Gasteiger partial charge on any atom is 0.0686 e. The topological polar surface area (TPSA) is 29.9 Å². The maximum absolute atomic E-state index is 4.68. The molecule has 0 spiro atoms. The molecule has 1 aromatic heterocycles. The van der Waals surface area contributed by atoms with Gasteiger partial charge in [-0.2, -0.15) is 5.10 Å². The normalized spacial score (nSPS) is 25.4. The van der Waals surface area contributed by atoms with Crippen molar-refractivity contribution in [3.63, 3.8) is 0 Å². The van der Waals surface area contributed by atoms with E-state index in [1.165, 1.54) is 30.2 Å². The fourth-order valence-electron chi connectivity index (χ4n) is 3.59. The highest BCUT2D eigenvalue weighted by Crippen LogP contribution is 2.44. The van der Waals surface area contributed by atoms with Crippen molar-refractivity contribution >= 4 is 10.9 Å². The number of nitrogens with one attached hydrogen (secondary N) is 1. The van der Waals surface area contributed by atoms with Crippen molar-refractivity contribution in [2.24, 2.45) is 5.41 Å². The van der Waals surface area contributed by atoms with Gasteiger partial charge in [0.1, 0.15) is 0 Å². The molecule has 0 saturated heterocycles. The third-order valence-corrected chi connectivity index (χ3v) is 4.74. The summed E-state index contributed by atoms with van der Waals surface area (Å²) in [7, 11) is 0. The van der Waals surface area contributed by atoms with Crippen LogP contribution in [0.4, 0.5) is 0 Å². The average Bonchev–Trinajstić information content (AvgIpc) is 2.97. The van der Waals surface area contributed by atoms with E-state index in [0.717, 1.165) is 6.54 Å². The van der Waals surface area contributed by atoms with E-state index in [-0.39, 0.29) is 0 Å². The molecule has 0 amide bonds. The Morgan fingerprint density at radius 3 is 2.95 bits per heavy atom. The van der Waals surface area contributed by atoms with Gasteiger partial charge in [-0.05, 0) is 37.3 Å². The lowest BCUT2D eigenvalue weighted by Crippen LogP contribution is -2.43. The Morgan fingerprint density at radius 2 is 2.15 bits per heavy atom. The lowest BCUT2D eigenvalue weighted by Gasteiger charge is -2.32. The molecule has 3 rings (SSSR count). The van der Waals surface area contributed by atoms with Crippen LogP contribution in [-0.2, 0) is 0 Å². The number of aromatic nitrogens is 2. The molecule has 1 aliphatic rings. The Morgan fingerprint density at radius 1 is 1.35 bits per heavy atom. The predicted molar refractivity (Wildman–Crippen MR) is 83.9 cm³/mol. The molecular weight excluding hydrogens is 246 g/mol. The van der Waals surface area contributed by atoms with E-state index in [2.05, 4.69) is 60.1 Å². The Hall–Kier alpha value is -1.35. The first kappa shape index (κ1) is 13.6. The number of nitrogens with zero attached hydrogens (tertiary/aromatic N) is 2. The van der Waals surface area contributed by atoms with Crippen LogP contribution in [0.25, 0.3) is 10.9 Å². The standard InChI is InChI=1S/C17H25N3/c1-4-11-18-16-15(9-10-17(16,2)3)20-14-8-6-5-7-13(14)12-19-20/h5-8,12,15-16,18H,4,9-11H2,1-3H3. The molecule has 1 saturated carbocycles. The van der Waals surface area contributed by atoms with Crippen LogP contribution in [0.2, 0.25) is 0 Å². The molecule has 20 heavy (non-hydrogen) atoms. The van der Waals surface area contributed by atoms with Crippen LogP contribution >= 0.6 is 0 Å². The van der Waals surface area contributed by atoms with Crippen LogP contribution < -0.4 is 5.32 Å². The molecule has 2 unspecified atom stereocenters. The molecule has 3 nitrogen and oxygen atoms in total. The molecule has 2 aromatic rings. The van der Waals surface area contributed by atoms with Gasteiger partial charge < -0.3 is 5.32 Å². The summed E-state index contributed by atoms with van der Waals surface area (Å²) in [6, 6.07) is 9.49. The Bertz CT molecular complexity index is 585. The number of hydrogen-bond acceptors (Lipinski definition) is 2. The number of hydrogen-bond donors (Lipinski definition) is 1. The second-order valence-electron chi connectivity index (χ2n) is 6.67. The first-order valence-corrected chi connectivity index (χ1v) is 7.79. The number of rotatable bonds is 4. The first-order chi connectivity index (χ1) is 9.63. The van der Waals surface area contributed by atoms with E-state index in [1.54, 1.807) is 0 Å². The van der Waals surface area contributed by atoms with E-state index < -0.39 is 0 Å². The molecule has 1 N–H and O–H groups in total. The SMILES string of the molecule is CCCNC1C(n2ncc3ccccc32)CCC1(C)C. The third-order valence-electron chi connectivity index (χ3n) is 4.74. The smallest absolute Gasteiger partial charge is 0.0686 e. The summed E-state index contributed by atoms with van der Waals surface area (Å²) in [5, 5.41) is 9.68. The summed E-state index contributed by atoms with van der Waals surface area (Å²) in [4.78, 5) is 0. The lowest BCUT2D eigenvalue weighted by atomic mass is 9.86. The van der Waals surface area contributed by atoms with Gasteiger partial charge in [-0.15, -0.1) is 0 Å². The van der Waals surface area contributed by atoms with Crippen molar-refractivity contribution in [2.75, 3.05) is 6.54 Å². The van der Waals surface area contributed by atoms with Crippen molar-refractivity contribution in [1.29, 1.82) is 0 Å². The quantitative estimate of drug-likeness (QED) is 0.917. The van der Waals surface area contributed by atoms with Gasteiger partial charge in [0.05, 0.1) is 17.8 Å². The fraction of sp³-hybridized carbons (Fsp3) is 0.588. The Balaban J connectivity index is 1.95. The Labute approximate surface area is 121 Å². The van der Waals surface area contributed by atoms with Crippen molar-refractivity contribution in [1.82, 2.24) is 15.1 Å². The zero-order valence-electron chi connectivity index (χ0n) is 12.8. The minimum absolute atomic E-state index is 0.340. The van der Waals surface area contributed by atoms with E-state index in [4.69, 9.17) is 0 Å². The Kier molecular flexibility index (Phi) is 3.55. The molecule has 0 bridgehead atoms. The second-order valence-corrected chi connectivity index (χ2v) is 6.67. The fourth-order valence-corrected chi connectivity index (χ4v) is 3.59. The van der Waals surface area contributed by atoms with Crippen LogP contribution in [-0.4, -0.2) is 22.4 Å². The summed E-state index contributed by atoms with van der Waals surface area (Å²) in [5.41, 5.74) is 1.60. The highest BCUT2D eigenvalue weighted by Gasteiger charge is 2.43. The molecule has 1 aliphatic carbocycles. The molecule has 108 valence electrons. The van der Waals surface area contributed by atoms with Gasteiger partial charge in [0.25, 0.3) is 0 Å². The zero-order chi connectivity index (χ0) is 14.2. The van der Waals surface area contributed by atoms with E-state index in [0.29, 0.717) is 17.5 Å². The molecule has 2 atom stereocenters. The number of para-hydroxylation sites is 1. The number of fused-ring (bicyclic) bond motifs is 1. The van der Waals surface area contributed by atoms with Gasteiger partial charge in [-0.1, -0.05) is 39.0 Å². The van der Waals surface area contributed by atoms with Crippen molar-refractivity contribution in [2.45, 2.75) is 52.1 Å². The van der Waals surface area contributed by atoms with Gasteiger partial charge in [0, 0.05) is 11.4 Å². The van der Waals surface area contributed by atoms with Crippen LogP contribution in [0.15, 0.2) is 30.5 Å². The monoisotopic (exact) mass is 271 g/mol. The summed E-state index contributed by atoms with van der Waals surface area (Å²) >= 11 is 0. The van der Waals surface area contributed by atoms with E-state index in [1.807, 2.05) is 6.20 Å². The van der Waals surface area contributed by atoms with E-state index >= 15 is 0 Å². The van der Waals surface area contributed by atoms with Crippen LogP contribution in [0.3, 0.4) is 0 Å². The molecule has 3 heteroatoms. The molecule has 1 fully saturated rings. The summed E-state index contributed by atoms with van der Waals surface area (Å²) in [6.45, 7) is 8.08. The summed E-state index contributed by atoms with van der Waals surface area (Å²) in [5.74, 6) is 0. The van der Waals surface area contributed by atoms with Crippen molar-refractivity contribution in [3.05, 3.63) is 30.5 Å². The van der Waals surface area contributed by atoms with Crippen LogP contribution in [0.5, 0.6) is 0 Å². The predicted octanol–water partition coefficient (Wildman–Crippen LogP) is 3.77. The summed E-state index contributed by atoms with van der Waals surface area (Å²) < 4.78 is 2.25. The van der Waals surface area contributed by atoms with Crippen molar-refractivity contribution < 1.29 is 0 Å². The zero-order valence-corrected chi connectivity index (χ0v) is 12.8. The highest BCUT2D eigenvalue weighted by atomic mass is 15.3.